The van der Waals surface area contributed by atoms with Crippen molar-refractivity contribution in [1.82, 2.24) is 0 Å². The number of hydrogen-bond donors (Lipinski definition) is 1. The Balaban J connectivity index is 1.69. The summed E-state index contributed by atoms with van der Waals surface area (Å²) in [5, 5.41) is 15.8. The van der Waals surface area contributed by atoms with Crippen LogP contribution in [0.25, 0.3) is 32.0 Å². The average molecular weight is 352 g/mol. The van der Waals surface area contributed by atoms with Crippen molar-refractivity contribution in [2.75, 3.05) is 0 Å². The highest BCUT2D eigenvalue weighted by molar-refractivity contribution is 7.17. The molecule has 0 aliphatic heterocycles. The van der Waals surface area contributed by atoms with Crippen molar-refractivity contribution in [3.8, 4) is 0 Å². The van der Waals surface area contributed by atoms with Crippen LogP contribution in [0, 0.1) is 0 Å². The number of rotatable bonds is 4. The fraction of sp³-hybridized carbons (Fsp3) is 0.300. The van der Waals surface area contributed by atoms with E-state index in [0.717, 1.165) is 27.4 Å². The third kappa shape index (κ3) is 2.86. The highest BCUT2D eigenvalue weighted by Crippen LogP contribution is 2.33. The van der Waals surface area contributed by atoms with E-state index < -0.39 is 11.2 Å². The second-order valence-electron chi connectivity index (χ2n) is 7.60. The molecule has 0 saturated carbocycles. The lowest BCUT2D eigenvalue weighted by Gasteiger charge is -2.37. The Bertz CT molecular complexity index is 1070. The first-order valence-electron chi connectivity index (χ1n) is 8.43. The van der Waals surface area contributed by atoms with Crippen molar-refractivity contribution in [3.05, 3.63) is 41.8 Å². The zero-order chi connectivity index (χ0) is 17.8. The highest BCUT2D eigenvalue weighted by atomic mass is 32.1. The smallest absolute Gasteiger partial charge is 0.309 e. The monoisotopic (exact) mass is 352 g/mol. The molecule has 0 fully saturated rings. The van der Waals surface area contributed by atoms with Gasteiger partial charge < -0.3 is 14.2 Å². The lowest BCUT2D eigenvalue weighted by atomic mass is 9.82. The number of thiophene rings is 1. The standard InChI is InChI=1S/C20H21BO3S/c1-19(2,22)20(3,4)24-21-13-5-6-14-15-9-12-7-8-25-18(12)11-17(15)23-16(14)10-13/h5-11,21-22H,1-4H3. The zero-order valence-electron chi connectivity index (χ0n) is 14.9. The van der Waals surface area contributed by atoms with Crippen LogP contribution >= 0.6 is 11.3 Å². The molecule has 0 aliphatic carbocycles. The summed E-state index contributed by atoms with van der Waals surface area (Å²) in [6.45, 7) is 7.33. The fourth-order valence-electron chi connectivity index (χ4n) is 2.81. The van der Waals surface area contributed by atoms with Gasteiger partial charge in [-0.05, 0) is 68.2 Å². The Morgan fingerprint density at radius 1 is 1.00 bits per heavy atom. The molecule has 4 aromatic rings. The SMILES string of the molecule is CC(C)(O)C(C)(C)OBc1ccc2c(c1)oc1cc3sccc3cc12. The summed E-state index contributed by atoms with van der Waals surface area (Å²) in [4.78, 5) is 0. The van der Waals surface area contributed by atoms with Gasteiger partial charge in [0.2, 0.25) is 0 Å². The van der Waals surface area contributed by atoms with E-state index in [4.69, 9.17) is 9.07 Å². The second kappa shape index (κ2) is 5.59. The van der Waals surface area contributed by atoms with Gasteiger partial charge in [0, 0.05) is 15.5 Å². The van der Waals surface area contributed by atoms with E-state index in [1.54, 1.807) is 25.2 Å². The lowest BCUT2D eigenvalue weighted by Crippen LogP contribution is -2.49. The van der Waals surface area contributed by atoms with E-state index in [0.29, 0.717) is 7.48 Å². The molecule has 0 bridgehead atoms. The molecule has 0 atom stereocenters. The molecule has 25 heavy (non-hydrogen) atoms. The molecule has 128 valence electrons. The van der Waals surface area contributed by atoms with Crippen LogP contribution in [0.1, 0.15) is 27.7 Å². The molecule has 4 rings (SSSR count). The number of hydrogen-bond acceptors (Lipinski definition) is 4. The minimum absolute atomic E-state index is 0.430. The van der Waals surface area contributed by atoms with E-state index in [1.165, 1.54) is 10.1 Å². The minimum Gasteiger partial charge on any atom is -0.456 e. The van der Waals surface area contributed by atoms with Gasteiger partial charge in [-0.25, -0.2) is 0 Å². The van der Waals surface area contributed by atoms with Crippen molar-refractivity contribution in [2.45, 2.75) is 38.9 Å². The molecule has 2 aromatic carbocycles. The van der Waals surface area contributed by atoms with Crippen LogP contribution in [-0.2, 0) is 4.65 Å². The van der Waals surface area contributed by atoms with E-state index >= 15 is 0 Å². The number of aliphatic hydroxyl groups is 1. The predicted molar refractivity (Wildman–Crippen MR) is 107 cm³/mol. The number of fused-ring (bicyclic) bond motifs is 4. The Morgan fingerprint density at radius 3 is 2.52 bits per heavy atom. The molecule has 0 saturated heterocycles. The fourth-order valence-corrected chi connectivity index (χ4v) is 3.61. The average Bonchev–Trinajstić information content (AvgIpc) is 3.12. The summed E-state index contributed by atoms with van der Waals surface area (Å²) >= 11 is 1.72. The van der Waals surface area contributed by atoms with Gasteiger partial charge in [-0.2, -0.15) is 0 Å². The molecule has 0 spiro atoms. The third-order valence-corrected chi connectivity index (χ3v) is 6.06. The largest absolute Gasteiger partial charge is 0.456 e. The molecular formula is C20H21BO3S. The zero-order valence-corrected chi connectivity index (χ0v) is 15.7. The van der Waals surface area contributed by atoms with E-state index in [2.05, 4.69) is 35.7 Å². The maximum atomic E-state index is 10.2. The summed E-state index contributed by atoms with van der Waals surface area (Å²) in [5.74, 6) is 0. The van der Waals surface area contributed by atoms with Gasteiger partial charge in [-0.3, -0.25) is 0 Å². The summed E-state index contributed by atoms with van der Waals surface area (Å²) in [6.07, 6.45) is 0. The number of benzene rings is 2. The maximum Gasteiger partial charge on any atom is 0.309 e. The molecule has 2 heterocycles. The summed E-state index contributed by atoms with van der Waals surface area (Å²) < 4.78 is 13.3. The van der Waals surface area contributed by atoms with Gasteiger partial charge in [-0.15, -0.1) is 11.3 Å². The van der Waals surface area contributed by atoms with E-state index in [-0.39, 0.29) is 0 Å². The van der Waals surface area contributed by atoms with Crippen LogP contribution in [0.5, 0.6) is 0 Å². The molecule has 2 aromatic heterocycles. The van der Waals surface area contributed by atoms with Crippen LogP contribution in [0.2, 0.25) is 0 Å². The molecular weight excluding hydrogens is 331 g/mol. The quantitative estimate of drug-likeness (QED) is 0.556. The topological polar surface area (TPSA) is 42.6 Å². The van der Waals surface area contributed by atoms with Crippen LogP contribution in [-0.4, -0.2) is 23.8 Å². The molecule has 3 nitrogen and oxygen atoms in total. The Morgan fingerprint density at radius 2 is 1.76 bits per heavy atom. The van der Waals surface area contributed by atoms with Crippen LogP contribution in [0.4, 0.5) is 0 Å². The lowest BCUT2D eigenvalue weighted by molar-refractivity contribution is -0.0893. The first-order valence-corrected chi connectivity index (χ1v) is 9.31. The van der Waals surface area contributed by atoms with Crippen LogP contribution < -0.4 is 5.46 Å². The van der Waals surface area contributed by atoms with Gasteiger partial charge >= 0.3 is 7.48 Å². The van der Waals surface area contributed by atoms with Crippen molar-refractivity contribution in [3.63, 3.8) is 0 Å². The Kier molecular flexibility index (Phi) is 3.72. The molecule has 0 unspecified atom stereocenters. The highest BCUT2D eigenvalue weighted by Gasteiger charge is 2.35. The maximum absolute atomic E-state index is 10.2. The first-order chi connectivity index (χ1) is 11.7. The second-order valence-corrected chi connectivity index (χ2v) is 8.55. The van der Waals surface area contributed by atoms with Gasteiger partial charge in [0.15, 0.2) is 0 Å². The van der Waals surface area contributed by atoms with E-state index in [9.17, 15) is 5.11 Å². The molecule has 0 amide bonds. The Labute approximate surface area is 151 Å². The minimum atomic E-state index is -0.914. The van der Waals surface area contributed by atoms with Crippen LogP contribution in [0.3, 0.4) is 0 Å². The molecule has 5 heteroatoms. The first kappa shape index (κ1) is 16.6. The van der Waals surface area contributed by atoms with Gasteiger partial charge in [0.25, 0.3) is 0 Å². The normalized spacial score (nSPS) is 13.2. The molecule has 0 aliphatic rings. The van der Waals surface area contributed by atoms with Gasteiger partial charge in [0.1, 0.15) is 11.2 Å². The summed E-state index contributed by atoms with van der Waals surface area (Å²) in [6, 6.07) is 12.6. The van der Waals surface area contributed by atoms with Crippen molar-refractivity contribution in [2.24, 2.45) is 0 Å². The Hall–Kier alpha value is -1.82. The van der Waals surface area contributed by atoms with Gasteiger partial charge in [0.05, 0.1) is 11.2 Å². The summed E-state index contributed by atoms with van der Waals surface area (Å²) in [5.41, 5.74) is 1.27. The molecule has 0 radical (unpaired) electrons. The third-order valence-electron chi connectivity index (χ3n) is 5.18. The summed E-state index contributed by atoms with van der Waals surface area (Å²) in [7, 11) is 0.430. The van der Waals surface area contributed by atoms with Crippen molar-refractivity contribution in [1.29, 1.82) is 0 Å². The van der Waals surface area contributed by atoms with Gasteiger partial charge in [-0.1, -0.05) is 12.1 Å². The van der Waals surface area contributed by atoms with Crippen molar-refractivity contribution < 1.29 is 14.2 Å². The number of furan rings is 1. The van der Waals surface area contributed by atoms with E-state index in [1.807, 2.05) is 19.9 Å². The van der Waals surface area contributed by atoms with Crippen LogP contribution in [0.15, 0.2) is 46.2 Å². The predicted octanol–water partition coefficient (Wildman–Crippen LogP) is 4.34. The molecule has 1 N–H and O–H groups in total. The van der Waals surface area contributed by atoms with Crippen molar-refractivity contribution >= 4 is 56.3 Å².